The Kier molecular flexibility index (Phi) is 3.16. The van der Waals surface area contributed by atoms with Crippen LogP contribution < -0.4 is 4.31 Å². The van der Waals surface area contributed by atoms with Crippen molar-refractivity contribution in [2.75, 3.05) is 17.6 Å². The van der Waals surface area contributed by atoms with Crippen LogP contribution in [-0.4, -0.2) is 26.7 Å². The Labute approximate surface area is 88.6 Å². The van der Waals surface area contributed by atoms with Crippen molar-refractivity contribution in [2.45, 2.75) is 20.3 Å². The van der Waals surface area contributed by atoms with E-state index in [1.54, 1.807) is 7.05 Å². The van der Waals surface area contributed by atoms with Gasteiger partial charge in [-0.25, -0.2) is 13.4 Å². The van der Waals surface area contributed by atoms with E-state index in [-0.39, 0.29) is 0 Å². The van der Waals surface area contributed by atoms with Gasteiger partial charge in [0.15, 0.2) is 0 Å². The van der Waals surface area contributed by atoms with Gasteiger partial charge < -0.3 is 0 Å². The molecule has 0 aromatic carbocycles. The zero-order valence-electron chi connectivity index (χ0n) is 8.73. The van der Waals surface area contributed by atoms with Crippen molar-refractivity contribution in [1.29, 1.82) is 0 Å². The van der Waals surface area contributed by atoms with Crippen molar-refractivity contribution in [3.05, 3.63) is 10.7 Å². The van der Waals surface area contributed by atoms with Gasteiger partial charge in [0.05, 0.1) is 17.0 Å². The number of anilines is 1. The van der Waals surface area contributed by atoms with E-state index in [0.29, 0.717) is 0 Å². The molecule has 0 N–H and O–H groups in total. The molecule has 0 aliphatic rings. The molecule has 0 bridgehead atoms. The summed E-state index contributed by atoms with van der Waals surface area (Å²) < 4.78 is 23.9. The minimum atomic E-state index is -3.17. The maximum absolute atomic E-state index is 11.3. The Morgan fingerprint density at radius 1 is 1.50 bits per heavy atom. The van der Waals surface area contributed by atoms with Crippen LogP contribution in [-0.2, 0) is 16.4 Å². The van der Waals surface area contributed by atoms with Crippen molar-refractivity contribution in [2.24, 2.45) is 0 Å². The fourth-order valence-corrected chi connectivity index (χ4v) is 2.88. The first-order chi connectivity index (χ1) is 6.36. The van der Waals surface area contributed by atoms with Crippen LogP contribution in [0.3, 0.4) is 0 Å². The molecule has 0 aliphatic heterocycles. The van der Waals surface area contributed by atoms with E-state index in [2.05, 4.69) is 4.98 Å². The van der Waals surface area contributed by atoms with Gasteiger partial charge in [0.1, 0.15) is 5.00 Å². The number of hydrogen-bond acceptors (Lipinski definition) is 4. The maximum Gasteiger partial charge on any atom is 0.232 e. The van der Waals surface area contributed by atoms with E-state index in [0.717, 1.165) is 22.1 Å². The van der Waals surface area contributed by atoms with E-state index in [1.807, 2.05) is 13.8 Å². The molecule has 0 aliphatic carbocycles. The average molecular weight is 234 g/mol. The highest BCUT2D eigenvalue weighted by Gasteiger charge is 2.18. The molecule has 1 aromatic heterocycles. The lowest BCUT2D eigenvalue weighted by molar-refractivity contribution is 0.600. The predicted octanol–water partition coefficient (Wildman–Crippen LogP) is 1.41. The Balaban J connectivity index is 3.18. The van der Waals surface area contributed by atoms with Gasteiger partial charge in [0.25, 0.3) is 0 Å². The normalized spacial score (nSPS) is 11.7. The quantitative estimate of drug-likeness (QED) is 0.794. The zero-order valence-corrected chi connectivity index (χ0v) is 10.4. The van der Waals surface area contributed by atoms with Crippen LogP contribution >= 0.6 is 11.3 Å². The molecule has 0 saturated carbocycles. The summed E-state index contributed by atoms with van der Waals surface area (Å²) in [7, 11) is -1.61. The molecule has 0 amide bonds. The number of aryl methyl sites for hydroxylation is 2. The lowest BCUT2D eigenvalue weighted by atomic mass is 10.3. The van der Waals surface area contributed by atoms with Crippen LogP contribution in [0, 0.1) is 6.92 Å². The van der Waals surface area contributed by atoms with Crippen LogP contribution in [0.25, 0.3) is 0 Å². The fourth-order valence-electron chi connectivity index (χ4n) is 1.09. The number of nitrogens with zero attached hydrogens (tertiary/aromatic N) is 2. The van der Waals surface area contributed by atoms with E-state index in [4.69, 9.17) is 0 Å². The summed E-state index contributed by atoms with van der Waals surface area (Å²) in [5.41, 5.74) is 0.848. The molecule has 0 saturated heterocycles. The monoisotopic (exact) mass is 234 g/mol. The first kappa shape index (κ1) is 11.5. The van der Waals surface area contributed by atoms with Crippen molar-refractivity contribution >= 4 is 26.4 Å². The Bertz CT molecular complexity index is 423. The number of thiazole rings is 1. The van der Waals surface area contributed by atoms with Gasteiger partial charge in [-0.15, -0.1) is 11.3 Å². The van der Waals surface area contributed by atoms with Gasteiger partial charge in [-0.2, -0.15) is 0 Å². The molecule has 80 valence electrons. The number of aromatic nitrogens is 1. The van der Waals surface area contributed by atoms with Crippen LogP contribution in [0.15, 0.2) is 0 Å². The molecule has 0 fully saturated rings. The fraction of sp³-hybridized carbons (Fsp3) is 0.625. The molecule has 0 unspecified atom stereocenters. The number of rotatable bonds is 3. The van der Waals surface area contributed by atoms with Gasteiger partial charge in [-0.05, 0) is 13.3 Å². The maximum atomic E-state index is 11.3. The first-order valence-corrected chi connectivity index (χ1v) is 6.93. The third-order valence-electron chi connectivity index (χ3n) is 1.90. The molecule has 1 aromatic rings. The van der Waals surface area contributed by atoms with Gasteiger partial charge >= 0.3 is 0 Å². The standard InChI is InChI=1S/C8H14N2O2S2/c1-5-7-8(13-6(2)9-7)10(3)14(4,11)12/h5H2,1-4H3. The minimum Gasteiger partial charge on any atom is -0.263 e. The van der Waals surface area contributed by atoms with Gasteiger partial charge in [-0.1, -0.05) is 6.92 Å². The molecular weight excluding hydrogens is 220 g/mol. The lowest BCUT2D eigenvalue weighted by Crippen LogP contribution is -2.24. The summed E-state index contributed by atoms with van der Waals surface area (Å²) in [4.78, 5) is 4.28. The summed E-state index contributed by atoms with van der Waals surface area (Å²) >= 11 is 1.41. The van der Waals surface area contributed by atoms with Gasteiger partial charge in [0, 0.05) is 7.05 Å². The zero-order chi connectivity index (χ0) is 10.9. The molecule has 14 heavy (non-hydrogen) atoms. The average Bonchev–Trinajstić information content (AvgIpc) is 2.43. The van der Waals surface area contributed by atoms with Crippen molar-refractivity contribution in [3.8, 4) is 0 Å². The van der Waals surface area contributed by atoms with Crippen molar-refractivity contribution in [1.82, 2.24) is 4.98 Å². The highest BCUT2D eigenvalue weighted by atomic mass is 32.2. The van der Waals surface area contributed by atoms with Crippen LogP contribution in [0.5, 0.6) is 0 Å². The van der Waals surface area contributed by atoms with Gasteiger partial charge in [-0.3, -0.25) is 4.31 Å². The molecule has 0 atom stereocenters. The number of sulfonamides is 1. The molecule has 0 spiro atoms. The molecule has 6 heteroatoms. The smallest absolute Gasteiger partial charge is 0.232 e. The van der Waals surface area contributed by atoms with Crippen molar-refractivity contribution < 1.29 is 8.42 Å². The summed E-state index contributed by atoms with van der Waals surface area (Å²) in [6.07, 6.45) is 1.95. The second-order valence-corrected chi connectivity index (χ2v) is 6.26. The Morgan fingerprint density at radius 2 is 2.07 bits per heavy atom. The largest absolute Gasteiger partial charge is 0.263 e. The topological polar surface area (TPSA) is 50.3 Å². The van der Waals surface area contributed by atoms with Crippen molar-refractivity contribution in [3.63, 3.8) is 0 Å². The van der Waals surface area contributed by atoms with E-state index >= 15 is 0 Å². The minimum absolute atomic E-state index is 0.729. The van der Waals surface area contributed by atoms with E-state index in [1.165, 1.54) is 21.9 Å². The second kappa shape index (κ2) is 3.86. The molecule has 1 heterocycles. The van der Waals surface area contributed by atoms with Gasteiger partial charge in [0.2, 0.25) is 10.0 Å². The Morgan fingerprint density at radius 3 is 2.50 bits per heavy atom. The molecule has 1 rings (SSSR count). The van der Waals surface area contributed by atoms with Crippen LogP contribution in [0.1, 0.15) is 17.6 Å². The summed E-state index contributed by atoms with van der Waals surface area (Å²) in [6, 6.07) is 0. The molecule has 4 nitrogen and oxygen atoms in total. The van der Waals surface area contributed by atoms with Crippen LogP contribution in [0.2, 0.25) is 0 Å². The second-order valence-electron chi connectivity index (χ2n) is 3.07. The highest BCUT2D eigenvalue weighted by molar-refractivity contribution is 7.92. The Hall–Kier alpha value is -0.620. The first-order valence-electron chi connectivity index (χ1n) is 4.26. The predicted molar refractivity (Wildman–Crippen MR) is 59.5 cm³/mol. The third-order valence-corrected chi connectivity index (χ3v) is 4.28. The molecular formula is C8H14N2O2S2. The lowest BCUT2D eigenvalue weighted by Gasteiger charge is -2.14. The van der Waals surface area contributed by atoms with Crippen LogP contribution in [0.4, 0.5) is 5.00 Å². The van der Waals surface area contributed by atoms with E-state index < -0.39 is 10.0 Å². The summed E-state index contributed by atoms with van der Waals surface area (Å²) in [6.45, 7) is 3.84. The summed E-state index contributed by atoms with van der Waals surface area (Å²) in [5.74, 6) is 0. The molecule has 0 radical (unpaired) electrons. The third kappa shape index (κ3) is 2.24. The number of hydrogen-bond donors (Lipinski definition) is 0. The van der Waals surface area contributed by atoms with E-state index in [9.17, 15) is 8.42 Å². The highest BCUT2D eigenvalue weighted by Crippen LogP contribution is 2.29. The SMILES string of the molecule is CCc1nc(C)sc1N(C)S(C)(=O)=O. The summed E-state index contributed by atoms with van der Waals surface area (Å²) in [5, 5.41) is 1.62.